The van der Waals surface area contributed by atoms with Crippen LogP contribution in [0, 0.1) is 6.92 Å². The maximum atomic E-state index is 11.4. The Labute approximate surface area is 115 Å². The highest BCUT2D eigenvalue weighted by atomic mass is 35.6. The van der Waals surface area contributed by atoms with Crippen LogP contribution in [0.4, 0.5) is 5.69 Å². The summed E-state index contributed by atoms with van der Waals surface area (Å²) in [7, 11) is 0. The van der Waals surface area contributed by atoms with Gasteiger partial charge in [-0.3, -0.25) is 4.79 Å². The maximum absolute atomic E-state index is 11.4. The first-order chi connectivity index (χ1) is 7.84. The number of halogens is 3. The quantitative estimate of drug-likeness (QED) is 0.864. The highest BCUT2D eigenvalue weighted by Gasteiger charge is 2.30. The third-order valence-electron chi connectivity index (χ3n) is 1.99. The van der Waals surface area contributed by atoms with Crippen molar-refractivity contribution < 1.29 is 9.53 Å². The summed E-state index contributed by atoms with van der Waals surface area (Å²) in [6.07, 6.45) is 0. The molecule has 94 valence electrons. The number of rotatable bonds is 3. The van der Waals surface area contributed by atoms with Crippen molar-refractivity contribution in [1.82, 2.24) is 0 Å². The molecular formula is C11H12Cl3NO2. The van der Waals surface area contributed by atoms with Crippen LogP contribution in [0.2, 0.25) is 0 Å². The van der Waals surface area contributed by atoms with E-state index in [1.54, 1.807) is 18.2 Å². The minimum Gasteiger partial charge on any atom is -0.494 e. The zero-order valence-electron chi connectivity index (χ0n) is 9.39. The Morgan fingerprint density at radius 1 is 1.41 bits per heavy atom. The van der Waals surface area contributed by atoms with Crippen molar-refractivity contribution >= 4 is 46.4 Å². The zero-order chi connectivity index (χ0) is 13.1. The lowest BCUT2D eigenvalue weighted by atomic mass is 10.2. The smallest absolute Gasteiger partial charge is 0.276 e. The second kappa shape index (κ2) is 5.80. The highest BCUT2D eigenvalue weighted by Crippen LogP contribution is 2.28. The predicted octanol–water partition coefficient (Wildman–Crippen LogP) is 3.70. The average Bonchev–Trinajstić information content (AvgIpc) is 2.21. The summed E-state index contributed by atoms with van der Waals surface area (Å²) >= 11 is 16.3. The van der Waals surface area contributed by atoms with Crippen molar-refractivity contribution in [2.75, 3.05) is 11.9 Å². The number of benzene rings is 1. The molecular weight excluding hydrogens is 284 g/mol. The van der Waals surface area contributed by atoms with Gasteiger partial charge in [-0.2, -0.15) is 0 Å². The van der Waals surface area contributed by atoms with E-state index < -0.39 is 9.70 Å². The number of alkyl halides is 3. The number of hydrogen-bond acceptors (Lipinski definition) is 2. The van der Waals surface area contributed by atoms with Gasteiger partial charge in [0.1, 0.15) is 5.75 Å². The van der Waals surface area contributed by atoms with Crippen LogP contribution in [-0.4, -0.2) is 16.3 Å². The summed E-state index contributed by atoms with van der Waals surface area (Å²) in [6.45, 7) is 4.36. The molecule has 1 aromatic carbocycles. The highest BCUT2D eigenvalue weighted by molar-refractivity contribution is 6.76. The summed E-state index contributed by atoms with van der Waals surface area (Å²) in [4.78, 5) is 11.4. The van der Waals surface area contributed by atoms with Crippen molar-refractivity contribution in [3.63, 3.8) is 0 Å². The van der Waals surface area contributed by atoms with Gasteiger partial charge >= 0.3 is 0 Å². The second-order valence-corrected chi connectivity index (χ2v) is 5.65. The predicted molar refractivity (Wildman–Crippen MR) is 71.3 cm³/mol. The molecule has 0 fully saturated rings. The van der Waals surface area contributed by atoms with Gasteiger partial charge in [-0.1, -0.05) is 34.8 Å². The van der Waals surface area contributed by atoms with Gasteiger partial charge in [-0.25, -0.2) is 0 Å². The Hall–Kier alpha value is -0.640. The van der Waals surface area contributed by atoms with Crippen LogP contribution in [0.3, 0.4) is 0 Å². The van der Waals surface area contributed by atoms with E-state index in [0.29, 0.717) is 12.3 Å². The normalized spacial score (nSPS) is 11.1. The molecule has 6 heteroatoms. The van der Waals surface area contributed by atoms with Crippen LogP contribution >= 0.6 is 34.8 Å². The topological polar surface area (TPSA) is 38.3 Å². The number of carbonyl (C=O) groups is 1. The number of ether oxygens (including phenoxy) is 1. The largest absolute Gasteiger partial charge is 0.494 e. The molecule has 3 nitrogen and oxygen atoms in total. The van der Waals surface area contributed by atoms with E-state index in [1.165, 1.54) is 0 Å². The Morgan fingerprint density at radius 2 is 2.06 bits per heavy atom. The Kier molecular flexibility index (Phi) is 4.92. The van der Waals surface area contributed by atoms with Gasteiger partial charge in [-0.05, 0) is 37.6 Å². The Balaban J connectivity index is 2.81. The van der Waals surface area contributed by atoms with Gasteiger partial charge in [0.25, 0.3) is 9.70 Å². The number of hydrogen-bond donors (Lipinski definition) is 1. The van der Waals surface area contributed by atoms with Crippen LogP contribution in [0.5, 0.6) is 5.75 Å². The molecule has 0 aliphatic carbocycles. The third-order valence-corrected chi connectivity index (χ3v) is 2.51. The first-order valence-electron chi connectivity index (χ1n) is 4.96. The molecule has 1 aromatic rings. The first kappa shape index (κ1) is 14.4. The van der Waals surface area contributed by atoms with Gasteiger partial charge in [0.05, 0.1) is 6.61 Å². The second-order valence-electron chi connectivity index (χ2n) is 3.37. The molecule has 0 spiro atoms. The van der Waals surface area contributed by atoms with E-state index in [-0.39, 0.29) is 0 Å². The fourth-order valence-corrected chi connectivity index (χ4v) is 1.39. The van der Waals surface area contributed by atoms with E-state index in [0.717, 1.165) is 11.3 Å². The summed E-state index contributed by atoms with van der Waals surface area (Å²) in [5, 5.41) is 2.50. The van der Waals surface area contributed by atoms with Crippen LogP contribution in [-0.2, 0) is 4.79 Å². The SMILES string of the molecule is CCOc1ccc(NC(=O)C(Cl)(Cl)Cl)cc1C. The molecule has 0 saturated carbocycles. The van der Waals surface area contributed by atoms with Crippen LogP contribution < -0.4 is 10.1 Å². The summed E-state index contributed by atoms with van der Waals surface area (Å²) in [5.74, 6) is 0.0745. The number of amides is 1. The molecule has 0 aliphatic heterocycles. The number of aryl methyl sites for hydroxylation is 1. The van der Waals surface area contributed by atoms with Crippen LogP contribution in [0.15, 0.2) is 18.2 Å². The Bertz CT molecular complexity index is 416. The van der Waals surface area contributed by atoms with E-state index >= 15 is 0 Å². The summed E-state index contributed by atoms with van der Waals surface area (Å²) < 4.78 is 3.41. The average molecular weight is 297 g/mol. The fraction of sp³-hybridized carbons (Fsp3) is 0.364. The third kappa shape index (κ3) is 4.26. The lowest BCUT2D eigenvalue weighted by molar-refractivity contribution is -0.115. The number of nitrogens with one attached hydrogen (secondary N) is 1. The molecule has 0 bridgehead atoms. The monoisotopic (exact) mass is 295 g/mol. The van der Waals surface area contributed by atoms with Gasteiger partial charge < -0.3 is 10.1 Å². The molecule has 0 atom stereocenters. The molecule has 0 aliphatic rings. The van der Waals surface area contributed by atoms with Gasteiger partial charge in [0.2, 0.25) is 0 Å². The number of anilines is 1. The summed E-state index contributed by atoms with van der Waals surface area (Å²) in [6, 6.07) is 5.19. The van der Waals surface area contributed by atoms with Crippen molar-refractivity contribution in [3.8, 4) is 5.75 Å². The molecule has 0 aromatic heterocycles. The van der Waals surface area contributed by atoms with Crippen molar-refractivity contribution in [2.45, 2.75) is 17.6 Å². The minimum absolute atomic E-state index is 0.558. The van der Waals surface area contributed by atoms with Gasteiger partial charge in [0, 0.05) is 5.69 Å². The van der Waals surface area contributed by atoms with E-state index in [9.17, 15) is 4.79 Å². The maximum Gasteiger partial charge on any atom is 0.276 e. The number of carbonyl (C=O) groups excluding carboxylic acids is 1. The van der Waals surface area contributed by atoms with Crippen LogP contribution in [0.1, 0.15) is 12.5 Å². The Morgan fingerprint density at radius 3 is 2.53 bits per heavy atom. The zero-order valence-corrected chi connectivity index (χ0v) is 11.7. The standard InChI is InChI=1S/C11H12Cl3NO2/c1-3-17-9-5-4-8(6-7(9)2)15-10(16)11(12,13)14/h4-6H,3H2,1-2H3,(H,15,16). The van der Waals surface area contributed by atoms with Gasteiger partial charge in [0.15, 0.2) is 0 Å². The minimum atomic E-state index is -1.97. The molecule has 17 heavy (non-hydrogen) atoms. The van der Waals surface area contributed by atoms with Crippen molar-refractivity contribution in [3.05, 3.63) is 23.8 Å². The van der Waals surface area contributed by atoms with Crippen LogP contribution in [0.25, 0.3) is 0 Å². The molecule has 1 rings (SSSR count). The molecule has 0 unspecified atom stereocenters. The lowest BCUT2D eigenvalue weighted by Gasteiger charge is -2.13. The van der Waals surface area contributed by atoms with E-state index in [4.69, 9.17) is 39.5 Å². The lowest BCUT2D eigenvalue weighted by Crippen LogP contribution is -2.26. The van der Waals surface area contributed by atoms with E-state index in [1.807, 2.05) is 13.8 Å². The van der Waals surface area contributed by atoms with Gasteiger partial charge in [-0.15, -0.1) is 0 Å². The molecule has 1 amide bonds. The molecule has 0 radical (unpaired) electrons. The van der Waals surface area contributed by atoms with Crippen molar-refractivity contribution in [1.29, 1.82) is 0 Å². The molecule has 1 N–H and O–H groups in total. The molecule has 0 heterocycles. The first-order valence-corrected chi connectivity index (χ1v) is 6.09. The molecule has 0 saturated heterocycles. The van der Waals surface area contributed by atoms with E-state index in [2.05, 4.69) is 5.32 Å². The summed E-state index contributed by atoms with van der Waals surface area (Å²) in [5.41, 5.74) is 1.45. The fourth-order valence-electron chi connectivity index (χ4n) is 1.25. The van der Waals surface area contributed by atoms with Crippen molar-refractivity contribution in [2.24, 2.45) is 0 Å².